The van der Waals surface area contributed by atoms with E-state index < -0.39 is 0 Å². The van der Waals surface area contributed by atoms with Gasteiger partial charge in [-0.3, -0.25) is 4.79 Å². The number of hydrogen-bond acceptors (Lipinski definition) is 5. The maximum atomic E-state index is 12.4. The summed E-state index contributed by atoms with van der Waals surface area (Å²) in [5, 5.41) is 9.56. The lowest BCUT2D eigenvalue weighted by atomic mass is 10.1. The molecule has 1 aliphatic rings. The molecule has 4 nitrogen and oxygen atoms in total. The molecule has 21 heavy (non-hydrogen) atoms. The maximum absolute atomic E-state index is 12.4. The highest BCUT2D eigenvalue weighted by molar-refractivity contribution is 7.21. The third-order valence-corrected chi connectivity index (χ3v) is 5.60. The summed E-state index contributed by atoms with van der Waals surface area (Å²) in [7, 11) is 0. The molecule has 1 unspecified atom stereocenters. The van der Waals surface area contributed by atoms with Crippen molar-refractivity contribution in [3.8, 4) is 0 Å². The quantitative estimate of drug-likeness (QED) is 0.717. The standard InChI is InChI=1S/C15H13N3OS2/c1-7-6-8(2)16-15-10(7)11-12(21-15)14(19)18-13(17-11)9-4-3-5-20-9/h3-6,13,17H,1-2H3,(H,18,19). The molecule has 0 saturated heterocycles. The number of anilines is 1. The van der Waals surface area contributed by atoms with Crippen LogP contribution in [0, 0.1) is 13.8 Å². The van der Waals surface area contributed by atoms with Gasteiger partial charge < -0.3 is 10.6 Å². The summed E-state index contributed by atoms with van der Waals surface area (Å²) in [5.74, 6) is -0.0257. The first-order valence-electron chi connectivity index (χ1n) is 6.65. The van der Waals surface area contributed by atoms with E-state index in [1.54, 1.807) is 11.3 Å². The molecule has 0 bridgehead atoms. The number of hydrogen-bond donors (Lipinski definition) is 2. The Labute approximate surface area is 129 Å². The Morgan fingerprint density at radius 3 is 2.90 bits per heavy atom. The van der Waals surface area contributed by atoms with Gasteiger partial charge in [-0.2, -0.15) is 0 Å². The molecule has 0 radical (unpaired) electrons. The third-order valence-electron chi connectivity index (χ3n) is 3.59. The summed E-state index contributed by atoms with van der Waals surface area (Å²) in [4.78, 5) is 19.7. The van der Waals surface area contributed by atoms with Crippen LogP contribution in [0.5, 0.6) is 0 Å². The van der Waals surface area contributed by atoms with Crippen LogP contribution in [-0.2, 0) is 0 Å². The van der Waals surface area contributed by atoms with Gasteiger partial charge in [-0.25, -0.2) is 4.98 Å². The van der Waals surface area contributed by atoms with E-state index >= 15 is 0 Å². The molecule has 0 spiro atoms. The molecule has 0 fully saturated rings. The maximum Gasteiger partial charge on any atom is 0.265 e. The fourth-order valence-corrected chi connectivity index (χ4v) is 4.60. The van der Waals surface area contributed by atoms with E-state index in [-0.39, 0.29) is 12.1 Å². The van der Waals surface area contributed by atoms with E-state index in [0.29, 0.717) is 0 Å². The van der Waals surface area contributed by atoms with Gasteiger partial charge in [0.2, 0.25) is 0 Å². The fourth-order valence-electron chi connectivity index (χ4n) is 2.71. The van der Waals surface area contributed by atoms with Crippen molar-refractivity contribution < 1.29 is 4.79 Å². The van der Waals surface area contributed by atoms with Gasteiger partial charge in [0.05, 0.1) is 5.69 Å². The number of aryl methyl sites for hydroxylation is 2. The Kier molecular flexibility index (Phi) is 2.77. The molecular formula is C15H13N3OS2. The molecule has 0 aromatic carbocycles. The van der Waals surface area contributed by atoms with Crippen LogP contribution in [-0.4, -0.2) is 10.9 Å². The molecule has 2 N–H and O–H groups in total. The first-order valence-corrected chi connectivity index (χ1v) is 8.34. The molecule has 3 aromatic rings. The summed E-state index contributed by atoms with van der Waals surface area (Å²) < 4.78 is 0. The largest absolute Gasteiger partial charge is 0.359 e. The van der Waals surface area contributed by atoms with Crippen LogP contribution in [0.15, 0.2) is 23.6 Å². The fraction of sp³-hybridized carbons (Fsp3) is 0.200. The van der Waals surface area contributed by atoms with Crippen molar-refractivity contribution in [3.63, 3.8) is 0 Å². The Morgan fingerprint density at radius 1 is 1.29 bits per heavy atom. The summed E-state index contributed by atoms with van der Waals surface area (Å²) in [6.45, 7) is 4.05. The highest BCUT2D eigenvalue weighted by Gasteiger charge is 2.30. The van der Waals surface area contributed by atoms with Gasteiger partial charge in [0, 0.05) is 16.0 Å². The number of amides is 1. The zero-order valence-electron chi connectivity index (χ0n) is 11.6. The van der Waals surface area contributed by atoms with E-state index in [2.05, 4.69) is 28.6 Å². The highest BCUT2D eigenvalue weighted by atomic mass is 32.1. The number of nitrogens with one attached hydrogen (secondary N) is 2. The normalized spacial score (nSPS) is 17.4. The molecule has 1 atom stereocenters. The first kappa shape index (κ1) is 12.8. The minimum absolute atomic E-state index is 0.0257. The van der Waals surface area contributed by atoms with Gasteiger partial charge in [-0.15, -0.1) is 22.7 Å². The lowest BCUT2D eigenvalue weighted by molar-refractivity contribution is 0.0941. The molecule has 6 heteroatoms. The number of carbonyl (C=O) groups excluding carboxylic acids is 1. The van der Waals surface area contributed by atoms with Crippen molar-refractivity contribution in [2.45, 2.75) is 20.0 Å². The number of pyridine rings is 1. The van der Waals surface area contributed by atoms with Crippen molar-refractivity contribution >= 4 is 44.5 Å². The van der Waals surface area contributed by atoms with Gasteiger partial charge >= 0.3 is 0 Å². The average Bonchev–Trinajstić information content (AvgIpc) is 3.04. The number of carbonyl (C=O) groups is 1. The van der Waals surface area contributed by atoms with Crippen molar-refractivity contribution in [2.75, 3.05) is 5.32 Å². The Morgan fingerprint density at radius 2 is 2.14 bits per heavy atom. The van der Waals surface area contributed by atoms with Crippen molar-refractivity contribution in [2.24, 2.45) is 0 Å². The topological polar surface area (TPSA) is 54.0 Å². The van der Waals surface area contributed by atoms with E-state index in [0.717, 1.165) is 36.9 Å². The number of thiophene rings is 2. The smallest absolute Gasteiger partial charge is 0.265 e. The predicted molar refractivity (Wildman–Crippen MR) is 87.2 cm³/mol. The SMILES string of the molecule is Cc1cc(C)c2c3c(sc2n1)C(=O)NC(c1cccs1)N3. The highest BCUT2D eigenvalue weighted by Crippen LogP contribution is 2.41. The molecular weight excluding hydrogens is 302 g/mol. The molecule has 106 valence electrons. The van der Waals surface area contributed by atoms with Gasteiger partial charge in [0.25, 0.3) is 5.91 Å². The second-order valence-electron chi connectivity index (χ2n) is 5.13. The van der Waals surface area contributed by atoms with Crippen LogP contribution in [0.3, 0.4) is 0 Å². The number of nitrogens with zero attached hydrogens (tertiary/aromatic N) is 1. The first-order chi connectivity index (χ1) is 10.1. The molecule has 4 rings (SSSR count). The number of fused-ring (bicyclic) bond motifs is 3. The van der Waals surface area contributed by atoms with Crippen LogP contribution >= 0.6 is 22.7 Å². The predicted octanol–water partition coefficient (Wildman–Crippen LogP) is 3.83. The lowest BCUT2D eigenvalue weighted by Gasteiger charge is -2.25. The Balaban J connectivity index is 1.90. The Bertz CT molecular complexity index is 852. The number of aromatic nitrogens is 1. The van der Waals surface area contributed by atoms with Crippen LogP contribution < -0.4 is 10.6 Å². The summed E-state index contributed by atoms with van der Waals surface area (Å²) in [5.41, 5.74) is 3.05. The Hall–Kier alpha value is -1.92. The van der Waals surface area contributed by atoms with Crippen molar-refractivity contribution in [1.29, 1.82) is 0 Å². The lowest BCUT2D eigenvalue weighted by Crippen LogP contribution is -2.37. The molecule has 3 aromatic heterocycles. The zero-order chi connectivity index (χ0) is 14.6. The van der Waals surface area contributed by atoms with Gasteiger partial charge in [0.15, 0.2) is 0 Å². The van der Waals surface area contributed by atoms with E-state index in [9.17, 15) is 4.79 Å². The zero-order valence-corrected chi connectivity index (χ0v) is 13.2. The van der Waals surface area contributed by atoms with Crippen LogP contribution in [0.4, 0.5) is 5.69 Å². The molecule has 1 aliphatic heterocycles. The average molecular weight is 315 g/mol. The summed E-state index contributed by atoms with van der Waals surface area (Å²) in [6.07, 6.45) is -0.163. The van der Waals surface area contributed by atoms with Crippen LogP contribution in [0.2, 0.25) is 0 Å². The summed E-state index contributed by atoms with van der Waals surface area (Å²) >= 11 is 3.08. The van der Waals surface area contributed by atoms with Crippen LogP contribution in [0.25, 0.3) is 10.2 Å². The van der Waals surface area contributed by atoms with Crippen LogP contribution in [0.1, 0.15) is 32.0 Å². The minimum Gasteiger partial charge on any atom is -0.359 e. The van der Waals surface area contributed by atoms with Gasteiger partial charge in [-0.05, 0) is 36.9 Å². The summed E-state index contributed by atoms with van der Waals surface area (Å²) in [6, 6.07) is 6.08. The minimum atomic E-state index is -0.163. The number of rotatable bonds is 1. The monoisotopic (exact) mass is 315 g/mol. The van der Waals surface area contributed by atoms with Gasteiger partial charge in [0.1, 0.15) is 15.9 Å². The third kappa shape index (κ3) is 1.94. The second-order valence-corrected chi connectivity index (χ2v) is 7.11. The molecule has 1 amide bonds. The van der Waals surface area contributed by atoms with Crippen molar-refractivity contribution in [3.05, 3.63) is 44.6 Å². The molecule has 0 aliphatic carbocycles. The van der Waals surface area contributed by atoms with E-state index in [1.165, 1.54) is 11.3 Å². The van der Waals surface area contributed by atoms with E-state index in [1.807, 2.05) is 24.4 Å². The second kappa shape index (κ2) is 4.54. The van der Waals surface area contributed by atoms with E-state index in [4.69, 9.17) is 0 Å². The van der Waals surface area contributed by atoms with Gasteiger partial charge in [-0.1, -0.05) is 6.07 Å². The van der Waals surface area contributed by atoms with Crippen molar-refractivity contribution in [1.82, 2.24) is 10.3 Å². The molecule has 0 saturated carbocycles. The molecule has 4 heterocycles.